The Morgan fingerprint density at radius 2 is 1.96 bits per heavy atom. The minimum atomic E-state index is -0.497. The maximum atomic E-state index is 12.2. The van der Waals surface area contributed by atoms with E-state index in [9.17, 15) is 15.2 Å². The Kier molecular flexibility index (Phi) is 5.58. The van der Waals surface area contributed by atoms with Crippen LogP contribution in [0.4, 0.5) is 5.69 Å². The highest BCUT2D eigenvalue weighted by atomic mass is 16.3. The molecule has 0 atom stereocenters. The lowest BCUT2D eigenvalue weighted by molar-refractivity contribution is -0.112. The molecule has 122 valence electrons. The molecule has 1 amide bonds. The number of rotatable bonds is 5. The first-order chi connectivity index (χ1) is 11.5. The Bertz CT molecular complexity index is 820. The first-order valence-electron chi connectivity index (χ1n) is 7.50. The van der Waals surface area contributed by atoms with Crippen LogP contribution in [0.1, 0.15) is 16.7 Å². The minimum absolute atomic E-state index is 0.0175. The van der Waals surface area contributed by atoms with Crippen molar-refractivity contribution in [1.29, 1.82) is 5.26 Å². The quantitative estimate of drug-likeness (QED) is 0.449. The Hall–Kier alpha value is -3.26. The van der Waals surface area contributed by atoms with Gasteiger partial charge in [0.1, 0.15) is 17.4 Å². The molecular formula is C19H19N3O2. The molecule has 0 radical (unpaired) electrons. The van der Waals surface area contributed by atoms with E-state index < -0.39 is 5.91 Å². The van der Waals surface area contributed by atoms with Gasteiger partial charge in [0.2, 0.25) is 0 Å². The summed E-state index contributed by atoms with van der Waals surface area (Å²) in [5.41, 5.74) is 3.49. The van der Waals surface area contributed by atoms with Crippen LogP contribution in [0.15, 0.2) is 54.2 Å². The molecule has 0 bridgehead atoms. The van der Waals surface area contributed by atoms with E-state index in [1.807, 2.05) is 37.3 Å². The van der Waals surface area contributed by atoms with Gasteiger partial charge in [-0.2, -0.15) is 5.26 Å². The number of amides is 1. The third kappa shape index (κ3) is 4.37. The van der Waals surface area contributed by atoms with Crippen molar-refractivity contribution in [2.24, 2.45) is 0 Å². The third-order valence-corrected chi connectivity index (χ3v) is 3.62. The first-order valence-corrected chi connectivity index (χ1v) is 7.50. The number of aromatic hydroxyl groups is 1. The van der Waals surface area contributed by atoms with Gasteiger partial charge in [0.05, 0.1) is 0 Å². The molecule has 2 rings (SSSR count). The number of hydrogen-bond donors (Lipinski definition) is 3. The molecule has 0 fully saturated rings. The maximum Gasteiger partial charge on any atom is 0.267 e. The fourth-order valence-electron chi connectivity index (χ4n) is 2.20. The summed E-state index contributed by atoms with van der Waals surface area (Å²) in [5.74, 6) is -0.370. The lowest BCUT2D eigenvalue weighted by Crippen LogP contribution is -2.17. The number of hydrogen-bond acceptors (Lipinski definition) is 4. The number of nitrogens with one attached hydrogen (secondary N) is 2. The van der Waals surface area contributed by atoms with E-state index in [-0.39, 0.29) is 11.3 Å². The average Bonchev–Trinajstić information content (AvgIpc) is 2.55. The fourth-order valence-corrected chi connectivity index (χ4v) is 2.20. The molecule has 3 N–H and O–H groups in total. The van der Waals surface area contributed by atoms with Crippen molar-refractivity contribution in [3.05, 3.63) is 70.9 Å². The zero-order valence-corrected chi connectivity index (χ0v) is 13.6. The smallest absolute Gasteiger partial charge is 0.267 e. The van der Waals surface area contributed by atoms with Gasteiger partial charge < -0.3 is 15.7 Å². The van der Waals surface area contributed by atoms with Crippen molar-refractivity contribution in [1.82, 2.24) is 5.32 Å². The summed E-state index contributed by atoms with van der Waals surface area (Å²) in [4.78, 5) is 12.2. The second-order valence-corrected chi connectivity index (χ2v) is 5.43. The van der Waals surface area contributed by atoms with E-state index in [0.29, 0.717) is 17.8 Å². The monoisotopic (exact) mass is 321 g/mol. The van der Waals surface area contributed by atoms with Crippen LogP contribution in [0, 0.1) is 25.2 Å². The number of phenolic OH excluding ortho intramolecular Hbond substituents is 1. The first kappa shape index (κ1) is 17.1. The number of benzene rings is 2. The summed E-state index contributed by atoms with van der Waals surface area (Å²) in [7, 11) is 0. The number of nitrogens with zero attached hydrogens (tertiary/aromatic N) is 1. The van der Waals surface area contributed by atoms with Crippen molar-refractivity contribution >= 4 is 11.6 Å². The van der Waals surface area contributed by atoms with Gasteiger partial charge in [-0.05, 0) is 48.7 Å². The van der Waals surface area contributed by atoms with Crippen LogP contribution in [-0.4, -0.2) is 11.0 Å². The van der Waals surface area contributed by atoms with Gasteiger partial charge in [0, 0.05) is 18.4 Å². The molecule has 0 saturated carbocycles. The molecule has 0 aliphatic carbocycles. The Morgan fingerprint density at radius 1 is 1.21 bits per heavy atom. The van der Waals surface area contributed by atoms with Gasteiger partial charge in [-0.15, -0.1) is 0 Å². The normalized spacial score (nSPS) is 10.8. The van der Waals surface area contributed by atoms with E-state index in [0.717, 1.165) is 11.1 Å². The van der Waals surface area contributed by atoms with E-state index in [1.165, 1.54) is 12.3 Å². The van der Waals surface area contributed by atoms with Crippen LogP contribution in [0.5, 0.6) is 5.75 Å². The van der Waals surface area contributed by atoms with Crippen LogP contribution in [-0.2, 0) is 11.3 Å². The van der Waals surface area contributed by atoms with Crippen LogP contribution in [0.3, 0.4) is 0 Å². The van der Waals surface area contributed by atoms with Crippen LogP contribution in [0.25, 0.3) is 0 Å². The van der Waals surface area contributed by atoms with Crippen molar-refractivity contribution in [2.75, 3.05) is 5.32 Å². The van der Waals surface area contributed by atoms with E-state index >= 15 is 0 Å². The van der Waals surface area contributed by atoms with E-state index in [1.54, 1.807) is 19.1 Å². The summed E-state index contributed by atoms with van der Waals surface area (Å²) in [6.07, 6.45) is 1.41. The lowest BCUT2D eigenvalue weighted by atomic mass is 10.1. The molecule has 0 heterocycles. The van der Waals surface area contributed by atoms with Gasteiger partial charge >= 0.3 is 0 Å². The SMILES string of the molecule is Cc1ccccc1CN/C=C(/C#N)C(=O)Nc1ccc(O)cc1C. The Balaban J connectivity index is 2.03. The van der Waals surface area contributed by atoms with Crippen LogP contribution in [0.2, 0.25) is 0 Å². The molecular weight excluding hydrogens is 302 g/mol. The van der Waals surface area contributed by atoms with Crippen LogP contribution >= 0.6 is 0 Å². The molecule has 0 aromatic heterocycles. The average molecular weight is 321 g/mol. The van der Waals surface area contributed by atoms with Crippen LogP contribution < -0.4 is 10.6 Å². The minimum Gasteiger partial charge on any atom is -0.508 e. The predicted molar refractivity (Wildman–Crippen MR) is 93.2 cm³/mol. The van der Waals surface area contributed by atoms with Crippen molar-refractivity contribution in [3.8, 4) is 11.8 Å². The molecule has 5 heteroatoms. The van der Waals surface area contributed by atoms with Gasteiger partial charge in [-0.25, -0.2) is 0 Å². The zero-order chi connectivity index (χ0) is 17.5. The second-order valence-electron chi connectivity index (χ2n) is 5.43. The third-order valence-electron chi connectivity index (χ3n) is 3.62. The van der Waals surface area contributed by atoms with Gasteiger partial charge in [-0.3, -0.25) is 4.79 Å². The summed E-state index contributed by atoms with van der Waals surface area (Å²) < 4.78 is 0. The molecule has 5 nitrogen and oxygen atoms in total. The Labute approximate surface area is 141 Å². The summed E-state index contributed by atoms with van der Waals surface area (Å²) in [6, 6.07) is 14.4. The number of carbonyl (C=O) groups is 1. The van der Waals surface area contributed by atoms with Gasteiger partial charge in [-0.1, -0.05) is 24.3 Å². The fraction of sp³-hybridized carbons (Fsp3) is 0.158. The highest BCUT2D eigenvalue weighted by molar-refractivity contribution is 6.06. The lowest BCUT2D eigenvalue weighted by Gasteiger charge is -2.09. The van der Waals surface area contributed by atoms with Crippen molar-refractivity contribution in [2.45, 2.75) is 20.4 Å². The molecule has 2 aromatic rings. The van der Waals surface area contributed by atoms with Crippen molar-refractivity contribution in [3.63, 3.8) is 0 Å². The van der Waals surface area contributed by atoms with Gasteiger partial charge in [0.15, 0.2) is 0 Å². The molecule has 0 spiro atoms. The van der Waals surface area contributed by atoms with Gasteiger partial charge in [0.25, 0.3) is 5.91 Å². The number of anilines is 1. The molecule has 0 unspecified atom stereocenters. The molecule has 24 heavy (non-hydrogen) atoms. The summed E-state index contributed by atoms with van der Waals surface area (Å²) >= 11 is 0. The molecule has 0 aliphatic rings. The number of carbonyl (C=O) groups excluding carboxylic acids is 1. The topological polar surface area (TPSA) is 85.2 Å². The number of phenols is 1. The maximum absolute atomic E-state index is 12.2. The van der Waals surface area contributed by atoms with E-state index in [2.05, 4.69) is 10.6 Å². The predicted octanol–water partition coefficient (Wildman–Crippen LogP) is 3.14. The highest BCUT2D eigenvalue weighted by Gasteiger charge is 2.10. The molecule has 0 saturated heterocycles. The number of nitriles is 1. The number of aryl methyl sites for hydroxylation is 2. The summed E-state index contributed by atoms with van der Waals surface area (Å²) in [5, 5.41) is 24.2. The zero-order valence-electron chi connectivity index (χ0n) is 13.6. The molecule has 2 aromatic carbocycles. The van der Waals surface area contributed by atoms with E-state index in [4.69, 9.17) is 0 Å². The molecule has 0 aliphatic heterocycles. The highest BCUT2D eigenvalue weighted by Crippen LogP contribution is 2.20. The standard InChI is InChI=1S/C19H19N3O2/c1-13-5-3-4-6-15(13)11-21-12-16(10-20)19(24)22-18-8-7-17(23)9-14(18)2/h3-9,12,21,23H,11H2,1-2H3,(H,22,24)/b16-12-. The summed E-state index contributed by atoms with van der Waals surface area (Å²) in [6.45, 7) is 4.30. The Morgan fingerprint density at radius 3 is 2.62 bits per heavy atom. The van der Waals surface area contributed by atoms with Crippen molar-refractivity contribution < 1.29 is 9.90 Å². The largest absolute Gasteiger partial charge is 0.508 e. The second kappa shape index (κ2) is 7.84.